The van der Waals surface area contributed by atoms with Crippen LogP contribution in [0.4, 0.5) is 5.69 Å². The van der Waals surface area contributed by atoms with Crippen molar-refractivity contribution in [1.29, 1.82) is 0 Å². The molecule has 124 valence electrons. The minimum absolute atomic E-state index is 0.0720. The Bertz CT molecular complexity index is 621. The van der Waals surface area contributed by atoms with Crippen molar-refractivity contribution in [2.24, 2.45) is 0 Å². The minimum Gasteiger partial charge on any atom is -0.352 e. The Morgan fingerprint density at radius 3 is 2.83 bits per heavy atom. The Labute approximate surface area is 142 Å². The van der Waals surface area contributed by atoms with Crippen LogP contribution < -0.4 is 5.32 Å². The van der Waals surface area contributed by atoms with E-state index in [1.54, 1.807) is 17.0 Å². The molecule has 1 saturated heterocycles. The van der Waals surface area contributed by atoms with E-state index in [1.165, 1.54) is 6.07 Å². The number of nitro benzene ring substituents is 1. The summed E-state index contributed by atoms with van der Waals surface area (Å²) in [6.45, 7) is 1.84. The van der Waals surface area contributed by atoms with Crippen molar-refractivity contribution >= 4 is 33.4 Å². The monoisotopic (exact) mass is 383 g/mol. The zero-order valence-corrected chi connectivity index (χ0v) is 14.2. The van der Waals surface area contributed by atoms with Gasteiger partial charge < -0.3 is 10.2 Å². The molecule has 0 bridgehead atoms. The summed E-state index contributed by atoms with van der Waals surface area (Å²) in [4.78, 5) is 35.8. The van der Waals surface area contributed by atoms with Gasteiger partial charge in [-0.1, -0.05) is 22.0 Å². The number of alkyl halides is 1. The summed E-state index contributed by atoms with van der Waals surface area (Å²) in [6.07, 6.45) is 2.17. The van der Waals surface area contributed by atoms with E-state index in [4.69, 9.17) is 0 Å². The van der Waals surface area contributed by atoms with E-state index >= 15 is 0 Å². The van der Waals surface area contributed by atoms with Gasteiger partial charge in [0.15, 0.2) is 0 Å². The number of carbonyl (C=O) groups excluding carboxylic acids is 2. The van der Waals surface area contributed by atoms with Crippen LogP contribution in [0.25, 0.3) is 0 Å². The molecule has 1 aromatic carbocycles. The summed E-state index contributed by atoms with van der Waals surface area (Å²) in [5.41, 5.74) is 0.718. The lowest BCUT2D eigenvalue weighted by Gasteiger charge is -2.15. The molecule has 0 unspecified atom stereocenters. The summed E-state index contributed by atoms with van der Waals surface area (Å²) >= 11 is 3.19. The van der Waals surface area contributed by atoms with Crippen LogP contribution in [0.2, 0.25) is 0 Å². The van der Waals surface area contributed by atoms with Gasteiger partial charge in [-0.25, -0.2) is 0 Å². The highest BCUT2D eigenvalue weighted by Gasteiger charge is 2.19. The van der Waals surface area contributed by atoms with Crippen LogP contribution in [-0.4, -0.2) is 41.3 Å². The molecule has 1 aliphatic rings. The minimum atomic E-state index is -0.494. The second kappa shape index (κ2) is 8.05. The number of hydrogen-bond donors (Lipinski definition) is 1. The van der Waals surface area contributed by atoms with Gasteiger partial charge in [0, 0.05) is 48.6 Å². The molecule has 7 nitrogen and oxygen atoms in total. The van der Waals surface area contributed by atoms with Crippen LogP contribution >= 0.6 is 15.9 Å². The third kappa shape index (κ3) is 4.51. The van der Waals surface area contributed by atoms with E-state index < -0.39 is 4.92 Å². The van der Waals surface area contributed by atoms with Crippen LogP contribution in [0.5, 0.6) is 0 Å². The van der Waals surface area contributed by atoms with Crippen LogP contribution in [0.15, 0.2) is 18.2 Å². The Morgan fingerprint density at radius 1 is 1.43 bits per heavy atom. The van der Waals surface area contributed by atoms with Crippen LogP contribution in [0.1, 0.15) is 35.2 Å². The number of likely N-dealkylation sites (tertiary alicyclic amines) is 1. The van der Waals surface area contributed by atoms with E-state index in [2.05, 4.69) is 21.2 Å². The molecular weight excluding hydrogens is 366 g/mol. The summed E-state index contributed by atoms with van der Waals surface area (Å²) in [6, 6.07) is 4.43. The van der Waals surface area contributed by atoms with Crippen molar-refractivity contribution in [3.8, 4) is 0 Å². The molecule has 2 amide bonds. The highest BCUT2D eigenvalue weighted by atomic mass is 79.9. The average molecular weight is 384 g/mol. The number of benzene rings is 1. The van der Waals surface area contributed by atoms with Crippen LogP contribution in [0, 0.1) is 10.1 Å². The van der Waals surface area contributed by atoms with Gasteiger partial charge in [-0.05, 0) is 18.9 Å². The molecule has 1 aromatic rings. The lowest BCUT2D eigenvalue weighted by molar-refractivity contribution is -0.385. The number of carbonyl (C=O) groups is 2. The van der Waals surface area contributed by atoms with Gasteiger partial charge in [0.05, 0.1) is 4.92 Å². The SMILES string of the molecule is O=C(NCCCN1CCCC1=O)c1ccc(CBr)c([N+](=O)[O-])c1. The van der Waals surface area contributed by atoms with Gasteiger partial charge in [0.2, 0.25) is 5.91 Å². The summed E-state index contributed by atoms with van der Waals surface area (Å²) in [7, 11) is 0. The van der Waals surface area contributed by atoms with Gasteiger partial charge in [-0.2, -0.15) is 0 Å². The number of nitro groups is 1. The molecule has 2 rings (SSSR count). The molecule has 0 radical (unpaired) electrons. The molecule has 0 aromatic heterocycles. The molecule has 23 heavy (non-hydrogen) atoms. The molecule has 0 atom stereocenters. The van der Waals surface area contributed by atoms with Crippen molar-refractivity contribution < 1.29 is 14.5 Å². The normalized spacial score (nSPS) is 14.1. The second-order valence-corrected chi connectivity index (χ2v) is 5.89. The summed E-state index contributed by atoms with van der Waals surface area (Å²) in [5.74, 6) is -0.181. The lowest BCUT2D eigenvalue weighted by Crippen LogP contribution is -2.30. The number of halogens is 1. The predicted octanol–water partition coefficient (Wildman–Crippen LogP) is 2.23. The molecule has 0 spiro atoms. The number of rotatable bonds is 7. The second-order valence-electron chi connectivity index (χ2n) is 5.33. The summed E-state index contributed by atoms with van der Waals surface area (Å²) < 4.78 is 0. The molecule has 1 heterocycles. The van der Waals surface area contributed by atoms with Crippen molar-refractivity contribution in [3.63, 3.8) is 0 Å². The third-order valence-electron chi connectivity index (χ3n) is 3.75. The van der Waals surface area contributed by atoms with Gasteiger partial charge in [-0.3, -0.25) is 19.7 Å². The molecule has 0 saturated carbocycles. The molecule has 1 fully saturated rings. The van der Waals surface area contributed by atoms with E-state index in [-0.39, 0.29) is 23.1 Å². The maximum Gasteiger partial charge on any atom is 0.274 e. The Balaban J connectivity index is 1.87. The van der Waals surface area contributed by atoms with Crippen molar-refractivity contribution in [2.75, 3.05) is 19.6 Å². The average Bonchev–Trinajstić information content (AvgIpc) is 2.95. The molecular formula is C15H18BrN3O4. The van der Waals surface area contributed by atoms with E-state index in [0.717, 1.165) is 13.0 Å². The number of hydrogen-bond acceptors (Lipinski definition) is 4. The highest BCUT2D eigenvalue weighted by Crippen LogP contribution is 2.22. The third-order valence-corrected chi connectivity index (χ3v) is 4.35. The van der Waals surface area contributed by atoms with Crippen LogP contribution in [-0.2, 0) is 10.1 Å². The maximum absolute atomic E-state index is 12.1. The fourth-order valence-corrected chi connectivity index (χ4v) is 2.98. The summed E-state index contributed by atoms with van der Waals surface area (Å²) in [5, 5.41) is 14.1. The first-order chi connectivity index (χ1) is 11.0. The van der Waals surface area contributed by atoms with Gasteiger partial charge in [-0.15, -0.1) is 0 Å². The molecule has 1 N–H and O–H groups in total. The first-order valence-electron chi connectivity index (χ1n) is 7.42. The molecule has 8 heteroatoms. The first kappa shape index (κ1) is 17.4. The lowest BCUT2D eigenvalue weighted by atomic mass is 10.1. The zero-order valence-electron chi connectivity index (χ0n) is 12.6. The van der Waals surface area contributed by atoms with E-state index in [1.807, 2.05) is 0 Å². The van der Waals surface area contributed by atoms with Crippen molar-refractivity contribution in [2.45, 2.75) is 24.6 Å². The molecule has 1 aliphatic heterocycles. The highest BCUT2D eigenvalue weighted by molar-refractivity contribution is 9.08. The maximum atomic E-state index is 12.1. The quantitative estimate of drug-likeness (QED) is 0.338. The standard InChI is InChI=1S/C15H18BrN3O4/c16-10-12-5-4-11(9-13(12)19(22)23)15(21)17-6-2-8-18-7-1-3-14(18)20/h4-5,9H,1-3,6-8,10H2,(H,17,21). The Kier molecular flexibility index (Phi) is 6.09. The Hall–Kier alpha value is -1.96. The first-order valence-corrected chi connectivity index (χ1v) is 8.54. The molecule has 0 aliphatic carbocycles. The van der Waals surface area contributed by atoms with Gasteiger partial charge in [0.25, 0.3) is 11.6 Å². The van der Waals surface area contributed by atoms with Crippen LogP contribution in [0.3, 0.4) is 0 Å². The topological polar surface area (TPSA) is 92.6 Å². The van der Waals surface area contributed by atoms with Gasteiger partial charge in [0.1, 0.15) is 0 Å². The van der Waals surface area contributed by atoms with Gasteiger partial charge >= 0.3 is 0 Å². The largest absolute Gasteiger partial charge is 0.352 e. The smallest absolute Gasteiger partial charge is 0.274 e. The zero-order chi connectivity index (χ0) is 16.8. The fraction of sp³-hybridized carbons (Fsp3) is 0.467. The van der Waals surface area contributed by atoms with E-state index in [9.17, 15) is 19.7 Å². The fourth-order valence-electron chi connectivity index (χ4n) is 2.50. The predicted molar refractivity (Wildman–Crippen MR) is 88.5 cm³/mol. The Morgan fingerprint density at radius 2 is 2.22 bits per heavy atom. The number of nitrogens with zero attached hydrogens (tertiary/aromatic N) is 2. The van der Waals surface area contributed by atoms with Crippen molar-refractivity contribution in [1.82, 2.24) is 10.2 Å². The van der Waals surface area contributed by atoms with E-state index in [0.29, 0.717) is 36.8 Å². The van der Waals surface area contributed by atoms with Crippen molar-refractivity contribution in [3.05, 3.63) is 39.4 Å². The number of amides is 2. The number of nitrogens with one attached hydrogen (secondary N) is 1.